The average molecular weight is 308 g/mol. The van der Waals surface area contributed by atoms with Crippen LogP contribution in [0.4, 0.5) is 0 Å². The lowest BCUT2D eigenvalue weighted by atomic mass is 10.1. The number of likely N-dealkylation sites (tertiary alicyclic amines) is 1. The number of rotatable bonds is 2. The van der Waals surface area contributed by atoms with Gasteiger partial charge in [0, 0.05) is 36.3 Å². The van der Waals surface area contributed by atoms with Gasteiger partial charge in [0.1, 0.15) is 5.69 Å². The molecule has 1 saturated heterocycles. The van der Waals surface area contributed by atoms with Crippen LogP contribution in [0, 0.1) is 6.92 Å². The van der Waals surface area contributed by atoms with Crippen molar-refractivity contribution in [3.8, 4) is 0 Å². The number of nitrogens with one attached hydrogen (secondary N) is 1. The molecule has 1 N–H and O–H groups in total. The van der Waals surface area contributed by atoms with E-state index in [4.69, 9.17) is 0 Å². The highest BCUT2D eigenvalue weighted by Gasteiger charge is 2.32. The maximum atomic E-state index is 13.0. The van der Waals surface area contributed by atoms with Gasteiger partial charge in [0.25, 0.3) is 5.91 Å². The number of carbonyl (C=O) groups excluding carboxylic acids is 1. The average Bonchev–Trinajstić information content (AvgIpc) is 3.23. The second-order valence-electron chi connectivity index (χ2n) is 6.38. The Labute approximate surface area is 134 Å². The summed E-state index contributed by atoms with van der Waals surface area (Å²) in [5.74, 6) is 0.0743. The Morgan fingerprint density at radius 2 is 2.22 bits per heavy atom. The van der Waals surface area contributed by atoms with Crippen LogP contribution in [0.25, 0.3) is 10.9 Å². The molecule has 1 fully saturated rings. The molecule has 118 valence electrons. The molecule has 3 heterocycles. The smallest absolute Gasteiger partial charge is 0.270 e. The van der Waals surface area contributed by atoms with Crippen molar-refractivity contribution in [3.63, 3.8) is 0 Å². The fourth-order valence-corrected chi connectivity index (χ4v) is 3.49. The number of aromatic nitrogens is 3. The fraction of sp³-hybridized carbons (Fsp3) is 0.333. The molecule has 4 rings (SSSR count). The second-order valence-corrected chi connectivity index (χ2v) is 6.38. The van der Waals surface area contributed by atoms with Gasteiger partial charge in [-0.05, 0) is 38.0 Å². The Balaban J connectivity index is 1.66. The summed E-state index contributed by atoms with van der Waals surface area (Å²) in [6, 6.07) is 8.28. The van der Waals surface area contributed by atoms with E-state index in [1.54, 1.807) is 4.68 Å². The summed E-state index contributed by atoms with van der Waals surface area (Å²) in [6.07, 6.45) is 5.90. The van der Waals surface area contributed by atoms with Crippen LogP contribution in [0.15, 0.2) is 36.7 Å². The third kappa shape index (κ3) is 2.42. The van der Waals surface area contributed by atoms with E-state index in [0.29, 0.717) is 5.69 Å². The minimum Gasteiger partial charge on any atom is -0.351 e. The van der Waals surface area contributed by atoms with Crippen molar-refractivity contribution < 1.29 is 4.79 Å². The van der Waals surface area contributed by atoms with E-state index < -0.39 is 0 Å². The number of carbonyl (C=O) groups is 1. The third-order valence-electron chi connectivity index (χ3n) is 4.63. The molecule has 0 unspecified atom stereocenters. The summed E-state index contributed by atoms with van der Waals surface area (Å²) < 4.78 is 1.79. The monoisotopic (exact) mass is 308 g/mol. The van der Waals surface area contributed by atoms with Crippen molar-refractivity contribution in [2.45, 2.75) is 25.8 Å². The Hall–Kier alpha value is -2.56. The SMILES string of the molecule is Cc1ccc2[nH]c(C(=O)N3CCC[C@H]3c3cnn(C)c3)cc2c1. The molecule has 1 aliphatic rings. The van der Waals surface area contributed by atoms with E-state index in [1.165, 1.54) is 5.56 Å². The van der Waals surface area contributed by atoms with Gasteiger partial charge >= 0.3 is 0 Å². The number of aromatic amines is 1. The highest BCUT2D eigenvalue weighted by Crippen LogP contribution is 2.33. The molecular formula is C18H20N4O. The Morgan fingerprint density at radius 3 is 3.00 bits per heavy atom. The lowest BCUT2D eigenvalue weighted by Gasteiger charge is -2.23. The van der Waals surface area contributed by atoms with Gasteiger partial charge in [-0.1, -0.05) is 11.6 Å². The number of fused-ring (bicyclic) bond motifs is 1. The molecule has 1 atom stereocenters. The zero-order chi connectivity index (χ0) is 16.0. The summed E-state index contributed by atoms with van der Waals surface area (Å²) in [5.41, 5.74) is 3.99. The Kier molecular flexibility index (Phi) is 3.22. The van der Waals surface area contributed by atoms with Crippen LogP contribution in [0.1, 0.15) is 40.5 Å². The maximum absolute atomic E-state index is 13.0. The number of H-pyrrole nitrogens is 1. The van der Waals surface area contributed by atoms with Crippen molar-refractivity contribution in [1.82, 2.24) is 19.7 Å². The number of hydrogen-bond acceptors (Lipinski definition) is 2. The van der Waals surface area contributed by atoms with Crippen molar-refractivity contribution in [2.75, 3.05) is 6.54 Å². The van der Waals surface area contributed by atoms with Gasteiger partial charge < -0.3 is 9.88 Å². The number of aryl methyl sites for hydroxylation is 2. The van der Waals surface area contributed by atoms with Crippen molar-refractivity contribution in [1.29, 1.82) is 0 Å². The number of nitrogens with zero attached hydrogens (tertiary/aromatic N) is 3. The third-order valence-corrected chi connectivity index (χ3v) is 4.63. The van der Waals surface area contributed by atoms with Crippen LogP contribution in [0.2, 0.25) is 0 Å². The van der Waals surface area contributed by atoms with Crippen LogP contribution in [-0.2, 0) is 7.05 Å². The number of benzene rings is 1. The molecule has 1 aromatic carbocycles. The summed E-state index contributed by atoms with van der Waals surface area (Å²) in [5, 5.41) is 5.33. The zero-order valence-corrected chi connectivity index (χ0v) is 13.4. The first kappa shape index (κ1) is 14.1. The van der Waals surface area contributed by atoms with Crippen molar-refractivity contribution >= 4 is 16.8 Å². The number of hydrogen-bond donors (Lipinski definition) is 1. The first-order chi connectivity index (χ1) is 11.1. The van der Waals surface area contributed by atoms with Gasteiger partial charge in [-0.3, -0.25) is 9.48 Å². The van der Waals surface area contributed by atoms with Gasteiger partial charge in [-0.25, -0.2) is 0 Å². The van der Waals surface area contributed by atoms with E-state index in [2.05, 4.69) is 29.1 Å². The fourth-order valence-electron chi connectivity index (χ4n) is 3.49. The second kappa shape index (κ2) is 5.26. The predicted molar refractivity (Wildman–Crippen MR) is 89.3 cm³/mol. The molecule has 5 heteroatoms. The van der Waals surface area contributed by atoms with Gasteiger partial charge in [0.05, 0.1) is 12.2 Å². The molecule has 3 aromatic rings. The normalized spacial score (nSPS) is 18.0. The Bertz CT molecular complexity index is 876. The number of amides is 1. The summed E-state index contributed by atoms with van der Waals surface area (Å²) in [4.78, 5) is 18.2. The van der Waals surface area contributed by atoms with Gasteiger partial charge in [0.15, 0.2) is 0 Å². The largest absolute Gasteiger partial charge is 0.351 e. The van der Waals surface area contributed by atoms with Crippen LogP contribution in [0.3, 0.4) is 0 Å². The lowest BCUT2D eigenvalue weighted by molar-refractivity contribution is 0.0730. The molecule has 0 radical (unpaired) electrons. The van der Waals surface area contributed by atoms with Crippen LogP contribution in [-0.4, -0.2) is 32.1 Å². The van der Waals surface area contributed by atoms with Crippen LogP contribution >= 0.6 is 0 Å². The quantitative estimate of drug-likeness (QED) is 0.790. The molecular weight excluding hydrogens is 288 g/mol. The van der Waals surface area contributed by atoms with E-state index in [-0.39, 0.29) is 11.9 Å². The van der Waals surface area contributed by atoms with Gasteiger partial charge in [-0.2, -0.15) is 5.10 Å². The Morgan fingerprint density at radius 1 is 1.35 bits per heavy atom. The lowest BCUT2D eigenvalue weighted by Crippen LogP contribution is -2.30. The minimum atomic E-state index is 0.0743. The highest BCUT2D eigenvalue weighted by molar-refractivity contribution is 5.98. The van der Waals surface area contributed by atoms with E-state index in [9.17, 15) is 4.79 Å². The molecule has 0 aliphatic carbocycles. The minimum absolute atomic E-state index is 0.0743. The first-order valence-corrected chi connectivity index (χ1v) is 8.01. The van der Waals surface area contributed by atoms with Gasteiger partial charge in [-0.15, -0.1) is 0 Å². The first-order valence-electron chi connectivity index (χ1n) is 8.01. The maximum Gasteiger partial charge on any atom is 0.270 e. The molecule has 23 heavy (non-hydrogen) atoms. The molecule has 1 aliphatic heterocycles. The predicted octanol–water partition coefficient (Wildman–Crippen LogP) is 3.19. The summed E-state index contributed by atoms with van der Waals surface area (Å²) in [7, 11) is 1.91. The molecule has 0 bridgehead atoms. The van der Waals surface area contributed by atoms with Crippen LogP contribution < -0.4 is 0 Å². The van der Waals surface area contributed by atoms with Crippen molar-refractivity contribution in [2.24, 2.45) is 7.05 Å². The van der Waals surface area contributed by atoms with Crippen molar-refractivity contribution in [3.05, 3.63) is 53.5 Å². The summed E-state index contributed by atoms with van der Waals surface area (Å²) >= 11 is 0. The van der Waals surface area contributed by atoms with Crippen LogP contribution in [0.5, 0.6) is 0 Å². The highest BCUT2D eigenvalue weighted by atomic mass is 16.2. The van der Waals surface area contributed by atoms with Gasteiger partial charge in [0.2, 0.25) is 0 Å². The van der Waals surface area contributed by atoms with E-state index in [0.717, 1.165) is 35.9 Å². The summed E-state index contributed by atoms with van der Waals surface area (Å²) in [6.45, 7) is 2.86. The molecule has 2 aromatic heterocycles. The zero-order valence-electron chi connectivity index (χ0n) is 13.4. The topological polar surface area (TPSA) is 53.9 Å². The molecule has 0 saturated carbocycles. The standard InChI is InChI=1S/C18H20N4O/c1-12-5-6-15-13(8-12)9-16(20-15)18(23)22-7-3-4-17(22)14-10-19-21(2)11-14/h5-6,8-11,17,20H,3-4,7H2,1-2H3/t17-/m0/s1. The molecule has 1 amide bonds. The molecule has 5 nitrogen and oxygen atoms in total. The molecule has 0 spiro atoms. The van der Waals surface area contributed by atoms with E-state index in [1.807, 2.05) is 36.5 Å². The van der Waals surface area contributed by atoms with E-state index >= 15 is 0 Å².